The molecule has 1 aliphatic carbocycles. The van der Waals surface area contributed by atoms with E-state index in [2.05, 4.69) is 16.4 Å². The van der Waals surface area contributed by atoms with Crippen molar-refractivity contribution >= 4 is 5.71 Å². The predicted molar refractivity (Wildman–Crippen MR) is 37.5 cm³/mol. The molecule has 0 fully saturated rings. The van der Waals surface area contributed by atoms with Gasteiger partial charge in [0.2, 0.25) is 0 Å². The third kappa shape index (κ3) is 0.715. The number of rotatable bonds is 0. The SMILES string of the molecule is C1=CC2=NCNC2C=C1. The topological polar surface area (TPSA) is 24.4 Å². The molecule has 0 aromatic carbocycles. The molecule has 0 amide bonds. The summed E-state index contributed by atoms with van der Waals surface area (Å²) in [6.07, 6.45) is 8.22. The Morgan fingerprint density at radius 1 is 1.56 bits per heavy atom. The molecule has 0 bridgehead atoms. The van der Waals surface area contributed by atoms with E-state index in [9.17, 15) is 0 Å². The maximum absolute atomic E-state index is 4.23. The van der Waals surface area contributed by atoms with E-state index in [4.69, 9.17) is 0 Å². The summed E-state index contributed by atoms with van der Waals surface area (Å²) in [7, 11) is 0. The molecule has 0 saturated carbocycles. The van der Waals surface area contributed by atoms with E-state index in [-0.39, 0.29) is 0 Å². The van der Waals surface area contributed by atoms with Crippen molar-refractivity contribution in [3.05, 3.63) is 24.3 Å². The highest BCUT2D eigenvalue weighted by molar-refractivity contribution is 6.02. The lowest BCUT2D eigenvalue weighted by Crippen LogP contribution is -2.27. The Bertz CT molecular complexity index is 198. The summed E-state index contributed by atoms with van der Waals surface area (Å²) >= 11 is 0. The largest absolute Gasteiger partial charge is 0.287 e. The molecule has 0 saturated heterocycles. The van der Waals surface area contributed by atoms with Crippen molar-refractivity contribution in [2.45, 2.75) is 6.04 Å². The highest BCUT2D eigenvalue weighted by Crippen LogP contribution is 2.05. The average molecular weight is 120 g/mol. The summed E-state index contributed by atoms with van der Waals surface area (Å²) in [5, 5.41) is 3.22. The van der Waals surface area contributed by atoms with Gasteiger partial charge >= 0.3 is 0 Å². The quantitative estimate of drug-likeness (QED) is 0.494. The van der Waals surface area contributed by atoms with Crippen molar-refractivity contribution in [2.75, 3.05) is 6.67 Å². The van der Waals surface area contributed by atoms with E-state index in [1.54, 1.807) is 0 Å². The number of allylic oxidation sites excluding steroid dienone is 2. The Hall–Kier alpha value is -0.890. The first-order valence-electron chi connectivity index (χ1n) is 3.09. The van der Waals surface area contributed by atoms with Crippen molar-refractivity contribution < 1.29 is 0 Å². The van der Waals surface area contributed by atoms with Crippen LogP contribution in [-0.4, -0.2) is 18.4 Å². The van der Waals surface area contributed by atoms with Gasteiger partial charge in [-0.25, -0.2) is 0 Å². The van der Waals surface area contributed by atoms with E-state index in [1.807, 2.05) is 18.2 Å². The minimum absolute atomic E-state index is 0.398. The van der Waals surface area contributed by atoms with Crippen LogP contribution in [0.1, 0.15) is 0 Å². The van der Waals surface area contributed by atoms with Gasteiger partial charge in [-0.3, -0.25) is 10.3 Å². The molecule has 0 aromatic rings. The Morgan fingerprint density at radius 2 is 2.56 bits per heavy atom. The lowest BCUT2D eigenvalue weighted by atomic mass is 10.1. The summed E-state index contributed by atoms with van der Waals surface area (Å²) < 4.78 is 0. The summed E-state index contributed by atoms with van der Waals surface area (Å²) in [5.74, 6) is 0. The monoisotopic (exact) mass is 120 g/mol. The van der Waals surface area contributed by atoms with E-state index in [1.165, 1.54) is 0 Å². The predicted octanol–water partition coefficient (Wildman–Crippen LogP) is 0.483. The van der Waals surface area contributed by atoms with Gasteiger partial charge in [-0.1, -0.05) is 18.2 Å². The fraction of sp³-hybridized carbons (Fsp3) is 0.286. The maximum Gasteiger partial charge on any atom is 0.0896 e. The van der Waals surface area contributed by atoms with Crippen molar-refractivity contribution in [1.82, 2.24) is 5.32 Å². The second-order valence-corrected chi connectivity index (χ2v) is 2.17. The van der Waals surface area contributed by atoms with E-state index in [0.29, 0.717) is 6.04 Å². The molecule has 1 heterocycles. The first kappa shape index (κ1) is 4.94. The van der Waals surface area contributed by atoms with Gasteiger partial charge in [-0.15, -0.1) is 0 Å². The zero-order valence-corrected chi connectivity index (χ0v) is 5.04. The molecule has 2 heteroatoms. The van der Waals surface area contributed by atoms with Crippen LogP contribution in [0.4, 0.5) is 0 Å². The third-order valence-electron chi connectivity index (χ3n) is 1.57. The second-order valence-electron chi connectivity index (χ2n) is 2.17. The molecule has 9 heavy (non-hydrogen) atoms. The highest BCUT2D eigenvalue weighted by atomic mass is 15.1. The molecule has 2 aliphatic rings. The molecule has 2 rings (SSSR count). The number of aliphatic imine (C=N–C) groups is 1. The minimum atomic E-state index is 0.398. The van der Waals surface area contributed by atoms with Gasteiger partial charge in [0.1, 0.15) is 0 Å². The van der Waals surface area contributed by atoms with Crippen LogP contribution in [0.15, 0.2) is 29.3 Å². The van der Waals surface area contributed by atoms with Crippen LogP contribution in [0.5, 0.6) is 0 Å². The molecule has 0 aromatic heterocycles. The lowest BCUT2D eigenvalue weighted by Gasteiger charge is -2.06. The first-order valence-corrected chi connectivity index (χ1v) is 3.09. The smallest absolute Gasteiger partial charge is 0.0896 e. The molecule has 1 unspecified atom stereocenters. The van der Waals surface area contributed by atoms with Gasteiger partial charge < -0.3 is 0 Å². The molecule has 1 N–H and O–H groups in total. The Kier molecular flexibility index (Phi) is 0.993. The van der Waals surface area contributed by atoms with Gasteiger partial charge in [-0.05, 0) is 6.08 Å². The van der Waals surface area contributed by atoms with Crippen LogP contribution >= 0.6 is 0 Å². The lowest BCUT2D eigenvalue weighted by molar-refractivity contribution is 0.770. The standard InChI is InChI=1S/C7H8N2/c1-2-4-7-6(3-1)8-5-9-7/h1-4,6,8H,5H2. The minimum Gasteiger partial charge on any atom is -0.287 e. The molecule has 0 spiro atoms. The van der Waals surface area contributed by atoms with Crippen molar-refractivity contribution in [2.24, 2.45) is 4.99 Å². The zero-order chi connectivity index (χ0) is 6.10. The van der Waals surface area contributed by atoms with Crippen LogP contribution in [0.25, 0.3) is 0 Å². The molecule has 1 atom stereocenters. The zero-order valence-electron chi connectivity index (χ0n) is 5.04. The molecular formula is C7H8N2. The number of hydrogen-bond donors (Lipinski definition) is 1. The summed E-state index contributed by atoms with van der Waals surface area (Å²) in [4.78, 5) is 4.23. The number of hydrogen-bond acceptors (Lipinski definition) is 2. The number of fused-ring (bicyclic) bond motifs is 1. The van der Waals surface area contributed by atoms with Crippen molar-refractivity contribution in [3.63, 3.8) is 0 Å². The van der Waals surface area contributed by atoms with Crippen molar-refractivity contribution in [3.8, 4) is 0 Å². The summed E-state index contributed by atoms with van der Waals surface area (Å²) in [5.41, 5.74) is 1.16. The van der Waals surface area contributed by atoms with E-state index >= 15 is 0 Å². The molecule has 46 valence electrons. The van der Waals surface area contributed by atoms with Gasteiger partial charge in [0, 0.05) is 0 Å². The normalized spacial score (nSPS) is 30.2. The molecule has 2 nitrogen and oxygen atoms in total. The van der Waals surface area contributed by atoms with Crippen molar-refractivity contribution in [1.29, 1.82) is 0 Å². The maximum atomic E-state index is 4.23. The van der Waals surface area contributed by atoms with Crippen LogP contribution < -0.4 is 5.32 Å². The van der Waals surface area contributed by atoms with Gasteiger partial charge in [0.25, 0.3) is 0 Å². The highest BCUT2D eigenvalue weighted by Gasteiger charge is 2.15. The van der Waals surface area contributed by atoms with Gasteiger partial charge in [0.15, 0.2) is 0 Å². The molecular weight excluding hydrogens is 112 g/mol. The summed E-state index contributed by atoms with van der Waals surface area (Å²) in [6.45, 7) is 0.772. The van der Waals surface area contributed by atoms with E-state index in [0.717, 1.165) is 12.4 Å². The molecule has 0 radical (unpaired) electrons. The third-order valence-corrected chi connectivity index (χ3v) is 1.57. The summed E-state index contributed by atoms with van der Waals surface area (Å²) in [6, 6.07) is 0.398. The Balaban J connectivity index is 2.33. The van der Waals surface area contributed by atoms with E-state index < -0.39 is 0 Å². The average Bonchev–Trinajstić information content (AvgIpc) is 2.33. The number of nitrogens with zero attached hydrogens (tertiary/aromatic N) is 1. The van der Waals surface area contributed by atoms with Crippen LogP contribution in [0, 0.1) is 0 Å². The van der Waals surface area contributed by atoms with Gasteiger partial charge in [-0.2, -0.15) is 0 Å². The Morgan fingerprint density at radius 3 is 3.44 bits per heavy atom. The fourth-order valence-corrected chi connectivity index (χ4v) is 1.09. The Labute approximate surface area is 54.0 Å². The van der Waals surface area contributed by atoms with Crippen LogP contribution in [0.3, 0.4) is 0 Å². The first-order chi connectivity index (χ1) is 4.47. The van der Waals surface area contributed by atoms with Crippen LogP contribution in [0.2, 0.25) is 0 Å². The molecule has 1 aliphatic heterocycles. The van der Waals surface area contributed by atoms with Crippen LogP contribution in [-0.2, 0) is 0 Å². The number of nitrogens with one attached hydrogen (secondary N) is 1. The fourth-order valence-electron chi connectivity index (χ4n) is 1.09. The second kappa shape index (κ2) is 1.81. The van der Waals surface area contributed by atoms with Gasteiger partial charge in [0.05, 0.1) is 18.4 Å².